The standard InChI is InChI=1S/C27H29N5O3/c1-34-24-9-4-8-23(26(24)35-19-21-7-2-3-11-28-21)27(33)31-13-5-6-20(10-14-31)16-22-18-32-15-12-29-25(32)17-30-22/h2-4,7-9,11-12,15,17-18,20H,5-6,10,13-14,16,19H2,1H3/t20-/m1/s1. The highest BCUT2D eigenvalue weighted by atomic mass is 16.5. The number of hydrogen-bond donors (Lipinski definition) is 0. The Kier molecular flexibility index (Phi) is 6.88. The molecule has 0 saturated carbocycles. The summed E-state index contributed by atoms with van der Waals surface area (Å²) >= 11 is 0. The number of carbonyl (C=O) groups is 1. The number of nitrogens with zero attached hydrogens (tertiary/aromatic N) is 5. The Labute approximate surface area is 204 Å². The minimum Gasteiger partial charge on any atom is -0.493 e. The van der Waals surface area contributed by atoms with Crippen molar-refractivity contribution >= 4 is 11.6 Å². The van der Waals surface area contributed by atoms with Crippen LogP contribution in [0.1, 0.15) is 41.0 Å². The van der Waals surface area contributed by atoms with Crippen LogP contribution in [-0.2, 0) is 13.0 Å². The van der Waals surface area contributed by atoms with Crippen molar-refractivity contribution in [2.75, 3.05) is 20.2 Å². The smallest absolute Gasteiger partial charge is 0.257 e. The van der Waals surface area contributed by atoms with Crippen molar-refractivity contribution in [2.45, 2.75) is 32.3 Å². The third kappa shape index (κ3) is 5.26. The van der Waals surface area contributed by atoms with Crippen LogP contribution < -0.4 is 9.47 Å². The van der Waals surface area contributed by atoms with E-state index in [1.54, 1.807) is 19.5 Å². The molecular formula is C27H29N5O3. The maximum Gasteiger partial charge on any atom is 0.257 e. The summed E-state index contributed by atoms with van der Waals surface area (Å²) in [6.07, 6.45) is 13.2. The van der Waals surface area contributed by atoms with Gasteiger partial charge in [0.25, 0.3) is 5.91 Å². The second kappa shape index (κ2) is 10.5. The Morgan fingerprint density at radius 2 is 1.97 bits per heavy atom. The summed E-state index contributed by atoms with van der Waals surface area (Å²) in [7, 11) is 1.59. The van der Waals surface area contributed by atoms with Crippen molar-refractivity contribution in [3.8, 4) is 11.5 Å². The van der Waals surface area contributed by atoms with E-state index in [0.29, 0.717) is 29.5 Å². The van der Waals surface area contributed by atoms with Crippen LogP contribution in [0.15, 0.2) is 67.4 Å². The average Bonchev–Trinajstić information content (AvgIpc) is 3.24. The molecule has 0 spiro atoms. The highest BCUT2D eigenvalue weighted by Crippen LogP contribution is 2.33. The number of carbonyl (C=O) groups excluding carboxylic acids is 1. The Morgan fingerprint density at radius 1 is 1.03 bits per heavy atom. The molecule has 8 nitrogen and oxygen atoms in total. The highest BCUT2D eigenvalue weighted by Gasteiger charge is 2.26. The summed E-state index contributed by atoms with van der Waals surface area (Å²) in [5, 5.41) is 0. The molecule has 4 aromatic rings. The molecule has 1 amide bonds. The molecular weight excluding hydrogens is 442 g/mol. The topological polar surface area (TPSA) is 81.9 Å². The first kappa shape index (κ1) is 22.8. The molecule has 0 N–H and O–H groups in total. The van der Waals surface area contributed by atoms with Crippen molar-refractivity contribution in [1.82, 2.24) is 24.3 Å². The molecule has 1 aliphatic rings. The van der Waals surface area contributed by atoms with Crippen LogP contribution >= 0.6 is 0 Å². The number of para-hydroxylation sites is 1. The number of ether oxygens (including phenoxy) is 2. The number of amides is 1. The second-order valence-electron chi connectivity index (χ2n) is 8.81. The predicted molar refractivity (Wildman–Crippen MR) is 131 cm³/mol. The van der Waals surface area contributed by atoms with Crippen LogP contribution in [0, 0.1) is 5.92 Å². The number of benzene rings is 1. The first-order chi connectivity index (χ1) is 17.2. The van der Waals surface area contributed by atoms with Gasteiger partial charge in [0.1, 0.15) is 6.61 Å². The zero-order valence-electron chi connectivity index (χ0n) is 19.8. The van der Waals surface area contributed by atoms with E-state index in [0.717, 1.165) is 49.3 Å². The lowest BCUT2D eigenvalue weighted by Gasteiger charge is -2.23. The molecule has 3 aromatic heterocycles. The number of aromatic nitrogens is 4. The van der Waals surface area contributed by atoms with Gasteiger partial charge in [-0.3, -0.25) is 14.8 Å². The monoisotopic (exact) mass is 471 g/mol. The molecule has 0 radical (unpaired) electrons. The first-order valence-corrected chi connectivity index (χ1v) is 12.0. The van der Waals surface area contributed by atoms with E-state index in [2.05, 4.69) is 21.1 Å². The van der Waals surface area contributed by atoms with Crippen molar-refractivity contribution in [3.63, 3.8) is 0 Å². The highest BCUT2D eigenvalue weighted by molar-refractivity contribution is 5.97. The van der Waals surface area contributed by atoms with E-state index in [1.165, 1.54) is 0 Å². The molecule has 1 fully saturated rings. The van der Waals surface area contributed by atoms with Crippen LogP contribution in [0.2, 0.25) is 0 Å². The Morgan fingerprint density at radius 3 is 2.83 bits per heavy atom. The molecule has 35 heavy (non-hydrogen) atoms. The number of pyridine rings is 1. The van der Waals surface area contributed by atoms with Crippen molar-refractivity contribution < 1.29 is 14.3 Å². The molecule has 0 aliphatic carbocycles. The third-order valence-corrected chi connectivity index (χ3v) is 6.49. The summed E-state index contributed by atoms with van der Waals surface area (Å²) in [6, 6.07) is 11.1. The van der Waals surface area contributed by atoms with Crippen molar-refractivity contribution in [1.29, 1.82) is 0 Å². The van der Waals surface area contributed by atoms with Crippen LogP contribution in [0.4, 0.5) is 0 Å². The fourth-order valence-corrected chi connectivity index (χ4v) is 4.64. The van der Waals surface area contributed by atoms with E-state index in [1.807, 2.05) is 58.1 Å². The van der Waals surface area contributed by atoms with E-state index < -0.39 is 0 Å². The Balaban J connectivity index is 1.27. The maximum absolute atomic E-state index is 13.6. The number of fused-ring (bicyclic) bond motifs is 1. The van der Waals surface area contributed by atoms with Crippen LogP contribution in [0.5, 0.6) is 11.5 Å². The number of likely N-dealkylation sites (tertiary alicyclic amines) is 1. The van der Waals surface area contributed by atoms with Crippen LogP contribution in [-0.4, -0.2) is 50.4 Å². The molecule has 5 rings (SSSR count). The van der Waals surface area contributed by atoms with E-state index >= 15 is 0 Å². The molecule has 0 bridgehead atoms. The van der Waals surface area contributed by atoms with Gasteiger partial charge in [0.2, 0.25) is 0 Å². The molecule has 180 valence electrons. The summed E-state index contributed by atoms with van der Waals surface area (Å²) in [4.78, 5) is 28.7. The lowest BCUT2D eigenvalue weighted by Crippen LogP contribution is -2.32. The van der Waals surface area contributed by atoms with Gasteiger partial charge in [-0.05, 0) is 55.9 Å². The van der Waals surface area contributed by atoms with Crippen LogP contribution in [0.25, 0.3) is 5.65 Å². The average molecular weight is 472 g/mol. The van der Waals surface area contributed by atoms with Gasteiger partial charge in [0, 0.05) is 37.9 Å². The number of hydrogen-bond acceptors (Lipinski definition) is 6. The van der Waals surface area contributed by atoms with Gasteiger partial charge in [-0.2, -0.15) is 0 Å². The van der Waals surface area contributed by atoms with Gasteiger partial charge < -0.3 is 18.8 Å². The van der Waals surface area contributed by atoms with E-state index in [9.17, 15) is 4.79 Å². The fourth-order valence-electron chi connectivity index (χ4n) is 4.64. The van der Waals surface area contributed by atoms with Crippen LogP contribution in [0.3, 0.4) is 0 Å². The van der Waals surface area contributed by atoms with E-state index in [4.69, 9.17) is 9.47 Å². The van der Waals surface area contributed by atoms with Gasteiger partial charge in [0.05, 0.1) is 30.3 Å². The van der Waals surface area contributed by atoms with Gasteiger partial charge in [-0.1, -0.05) is 12.1 Å². The molecule has 1 atom stereocenters. The molecule has 1 aliphatic heterocycles. The summed E-state index contributed by atoms with van der Waals surface area (Å²) in [5.41, 5.74) is 3.21. The fraction of sp³-hybridized carbons (Fsp3) is 0.333. The summed E-state index contributed by atoms with van der Waals surface area (Å²) in [5.74, 6) is 1.45. The van der Waals surface area contributed by atoms with Gasteiger partial charge in [-0.15, -0.1) is 0 Å². The molecule has 4 heterocycles. The predicted octanol–water partition coefficient (Wildman–Crippen LogP) is 4.20. The number of imidazole rings is 1. The minimum absolute atomic E-state index is 0.0291. The largest absolute Gasteiger partial charge is 0.493 e. The lowest BCUT2D eigenvalue weighted by molar-refractivity contribution is 0.0754. The quantitative estimate of drug-likeness (QED) is 0.402. The van der Waals surface area contributed by atoms with Crippen molar-refractivity contribution in [2.24, 2.45) is 5.92 Å². The van der Waals surface area contributed by atoms with Crippen molar-refractivity contribution in [3.05, 3.63) is 84.3 Å². The van der Waals surface area contributed by atoms with Gasteiger partial charge in [-0.25, -0.2) is 4.98 Å². The minimum atomic E-state index is -0.0291. The summed E-state index contributed by atoms with van der Waals surface area (Å²) < 4.78 is 13.6. The normalized spacial score (nSPS) is 16.1. The third-order valence-electron chi connectivity index (χ3n) is 6.49. The zero-order valence-corrected chi connectivity index (χ0v) is 19.8. The van der Waals surface area contributed by atoms with E-state index in [-0.39, 0.29) is 12.5 Å². The lowest BCUT2D eigenvalue weighted by atomic mass is 9.95. The molecule has 0 unspecified atom stereocenters. The first-order valence-electron chi connectivity index (χ1n) is 12.0. The number of methoxy groups -OCH3 is 1. The Bertz CT molecular complexity index is 1290. The summed E-state index contributed by atoms with van der Waals surface area (Å²) in [6.45, 7) is 1.69. The number of rotatable bonds is 7. The van der Waals surface area contributed by atoms with Gasteiger partial charge in [0.15, 0.2) is 17.1 Å². The second-order valence-corrected chi connectivity index (χ2v) is 8.81. The molecule has 1 saturated heterocycles. The maximum atomic E-state index is 13.6. The van der Waals surface area contributed by atoms with Gasteiger partial charge >= 0.3 is 0 Å². The molecule has 1 aromatic carbocycles. The Hall–Kier alpha value is -3.94. The zero-order chi connectivity index (χ0) is 24.0. The SMILES string of the molecule is COc1cccc(C(=O)N2CCC[C@@H](Cc3cn4ccnc4cn3)CC2)c1OCc1ccccn1. The molecule has 8 heteroatoms.